The Bertz CT molecular complexity index is 602. The van der Waals surface area contributed by atoms with Crippen molar-refractivity contribution in [2.24, 2.45) is 0 Å². The summed E-state index contributed by atoms with van der Waals surface area (Å²) in [7, 11) is 0. The summed E-state index contributed by atoms with van der Waals surface area (Å²) in [6.07, 6.45) is 0.141. The average Bonchev–Trinajstić information content (AvgIpc) is 2.81. The Kier molecular flexibility index (Phi) is 4.73. The number of halogens is 2. The highest BCUT2D eigenvalue weighted by molar-refractivity contribution is 6.36. The van der Waals surface area contributed by atoms with E-state index in [-0.39, 0.29) is 18.4 Å². The fourth-order valence-corrected chi connectivity index (χ4v) is 2.44. The van der Waals surface area contributed by atoms with E-state index in [0.717, 1.165) is 11.5 Å². The van der Waals surface area contributed by atoms with Gasteiger partial charge in [0.15, 0.2) is 0 Å². The third-order valence-electron chi connectivity index (χ3n) is 2.96. The summed E-state index contributed by atoms with van der Waals surface area (Å²) < 4.78 is 5.48. The molecule has 1 amide bonds. The van der Waals surface area contributed by atoms with E-state index in [1.54, 1.807) is 18.2 Å². The minimum absolute atomic E-state index is 0.141. The second kappa shape index (κ2) is 6.33. The van der Waals surface area contributed by atoms with Gasteiger partial charge in [0.2, 0.25) is 5.91 Å². The van der Waals surface area contributed by atoms with Crippen molar-refractivity contribution >= 4 is 29.1 Å². The van der Waals surface area contributed by atoms with Crippen LogP contribution >= 0.6 is 23.2 Å². The summed E-state index contributed by atoms with van der Waals surface area (Å²) in [5.74, 6) is 1.39. The van der Waals surface area contributed by atoms with Crippen molar-refractivity contribution < 1.29 is 9.21 Å². The number of benzene rings is 1. The van der Waals surface area contributed by atoms with Crippen LogP contribution < -0.4 is 5.32 Å². The van der Waals surface area contributed by atoms with Gasteiger partial charge in [0.05, 0.1) is 12.5 Å². The predicted octanol–water partition coefficient (Wildman–Crippen LogP) is 4.31. The third kappa shape index (κ3) is 3.56. The smallest absolute Gasteiger partial charge is 0.225 e. The van der Waals surface area contributed by atoms with Crippen molar-refractivity contribution in [1.29, 1.82) is 0 Å². The van der Waals surface area contributed by atoms with Gasteiger partial charge in [-0.3, -0.25) is 4.79 Å². The lowest BCUT2D eigenvalue weighted by Crippen LogP contribution is -2.28. The van der Waals surface area contributed by atoms with Crippen molar-refractivity contribution in [3.63, 3.8) is 0 Å². The maximum atomic E-state index is 12.0. The monoisotopic (exact) mass is 311 g/mol. The van der Waals surface area contributed by atoms with E-state index < -0.39 is 0 Å². The summed E-state index contributed by atoms with van der Waals surface area (Å²) in [4.78, 5) is 12.0. The van der Waals surface area contributed by atoms with Crippen molar-refractivity contribution in [3.8, 4) is 0 Å². The zero-order chi connectivity index (χ0) is 14.7. The van der Waals surface area contributed by atoms with Crippen LogP contribution in [0, 0.1) is 6.92 Å². The van der Waals surface area contributed by atoms with Gasteiger partial charge in [-0.2, -0.15) is 0 Å². The lowest BCUT2D eigenvalue weighted by Gasteiger charge is -2.12. The van der Waals surface area contributed by atoms with Crippen LogP contribution in [0.1, 0.15) is 30.0 Å². The molecule has 5 heteroatoms. The first-order valence-electron chi connectivity index (χ1n) is 6.26. The average molecular weight is 312 g/mol. The number of amides is 1. The minimum Gasteiger partial charge on any atom is -0.464 e. The number of carbonyl (C=O) groups is 1. The highest BCUT2D eigenvalue weighted by atomic mass is 35.5. The molecule has 0 spiro atoms. The maximum Gasteiger partial charge on any atom is 0.225 e. The molecule has 2 rings (SSSR count). The Hall–Kier alpha value is -1.45. The van der Waals surface area contributed by atoms with Crippen LogP contribution in [0.25, 0.3) is 0 Å². The van der Waals surface area contributed by atoms with Gasteiger partial charge >= 0.3 is 0 Å². The van der Waals surface area contributed by atoms with Gasteiger partial charge in [-0.05, 0) is 43.7 Å². The molecule has 1 N–H and O–H groups in total. The Morgan fingerprint density at radius 1 is 1.25 bits per heavy atom. The normalized spacial score (nSPS) is 12.2. The van der Waals surface area contributed by atoms with Crippen LogP contribution in [0.2, 0.25) is 10.0 Å². The SMILES string of the molecule is Cc1ccc([C@H](C)NC(=O)Cc2c(Cl)cccc2Cl)o1. The molecule has 1 atom stereocenters. The molecule has 0 bridgehead atoms. The number of nitrogens with one attached hydrogen (secondary N) is 1. The minimum atomic E-state index is -0.197. The first-order chi connectivity index (χ1) is 9.47. The van der Waals surface area contributed by atoms with Gasteiger partial charge in [-0.1, -0.05) is 29.3 Å². The third-order valence-corrected chi connectivity index (χ3v) is 3.67. The van der Waals surface area contributed by atoms with Crippen molar-refractivity contribution in [1.82, 2.24) is 5.32 Å². The lowest BCUT2D eigenvalue weighted by atomic mass is 10.1. The Balaban J connectivity index is 2.02. The fraction of sp³-hybridized carbons (Fsp3) is 0.267. The van der Waals surface area contributed by atoms with E-state index in [4.69, 9.17) is 27.6 Å². The molecule has 1 heterocycles. The standard InChI is InChI=1S/C15H15Cl2NO2/c1-9-6-7-14(20-9)10(2)18-15(19)8-11-12(16)4-3-5-13(11)17/h3-7,10H,8H2,1-2H3,(H,18,19)/t10-/m0/s1. The number of rotatable bonds is 4. The van der Waals surface area contributed by atoms with Crippen LogP contribution in [0.3, 0.4) is 0 Å². The first-order valence-corrected chi connectivity index (χ1v) is 7.01. The molecule has 0 fully saturated rings. The number of aryl methyl sites for hydroxylation is 1. The molecule has 0 aliphatic rings. The van der Waals surface area contributed by atoms with Crippen molar-refractivity contribution in [2.45, 2.75) is 26.3 Å². The van der Waals surface area contributed by atoms with Crippen molar-refractivity contribution in [3.05, 3.63) is 57.5 Å². The van der Waals surface area contributed by atoms with Gasteiger partial charge in [-0.25, -0.2) is 0 Å². The summed E-state index contributed by atoms with van der Waals surface area (Å²) >= 11 is 12.1. The van der Waals surface area contributed by atoms with Gasteiger partial charge in [-0.15, -0.1) is 0 Å². The molecule has 0 unspecified atom stereocenters. The highest BCUT2D eigenvalue weighted by Crippen LogP contribution is 2.25. The quantitative estimate of drug-likeness (QED) is 0.914. The van der Waals surface area contributed by atoms with Gasteiger partial charge < -0.3 is 9.73 Å². The van der Waals surface area contributed by atoms with Crippen LogP contribution in [0.5, 0.6) is 0 Å². The second-order valence-corrected chi connectivity index (χ2v) is 5.43. The molecule has 3 nitrogen and oxygen atoms in total. The maximum absolute atomic E-state index is 12.0. The molecule has 1 aromatic heterocycles. The summed E-state index contributed by atoms with van der Waals surface area (Å²) in [6.45, 7) is 3.73. The largest absolute Gasteiger partial charge is 0.464 e. The molecule has 0 saturated heterocycles. The highest BCUT2D eigenvalue weighted by Gasteiger charge is 2.15. The Morgan fingerprint density at radius 3 is 2.45 bits per heavy atom. The Labute approximate surface area is 127 Å². The topological polar surface area (TPSA) is 42.2 Å². The van der Waals surface area contributed by atoms with Crippen LogP contribution in [0.4, 0.5) is 0 Å². The van der Waals surface area contributed by atoms with Crippen LogP contribution in [-0.2, 0) is 11.2 Å². The second-order valence-electron chi connectivity index (χ2n) is 4.61. The zero-order valence-electron chi connectivity index (χ0n) is 11.2. The molecule has 106 valence electrons. The molecule has 0 radical (unpaired) electrons. The van der Waals surface area contributed by atoms with Crippen LogP contribution in [0.15, 0.2) is 34.7 Å². The molecule has 0 saturated carbocycles. The van der Waals surface area contributed by atoms with Gasteiger partial charge in [0.1, 0.15) is 11.5 Å². The molecule has 2 aromatic rings. The van der Waals surface area contributed by atoms with E-state index in [1.165, 1.54) is 0 Å². The summed E-state index contributed by atoms with van der Waals surface area (Å²) in [6, 6.07) is 8.70. The van der Waals surface area contributed by atoms with E-state index in [9.17, 15) is 4.79 Å². The number of carbonyl (C=O) groups excluding carboxylic acids is 1. The summed E-state index contributed by atoms with van der Waals surface area (Å²) in [5.41, 5.74) is 0.635. The van der Waals surface area contributed by atoms with Crippen LogP contribution in [-0.4, -0.2) is 5.91 Å². The van der Waals surface area contributed by atoms with E-state index in [2.05, 4.69) is 5.32 Å². The molecule has 0 aliphatic heterocycles. The van der Waals surface area contributed by atoms with E-state index in [1.807, 2.05) is 26.0 Å². The number of furan rings is 1. The zero-order valence-corrected chi connectivity index (χ0v) is 12.8. The molecular formula is C15H15Cl2NO2. The van der Waals surface area contributed by atoms with Crippen molar-refractivity contribution in [2.75, 3.05) is 0 Å². The fourth-order valence-electron chi connectivity index (χ4n) is 1.91. The molecule has 0 aliphatic carbocycles. The molecule has 1 aromatic carbocycles. The first kappa shape index (κ1) is 14.9. The molecular weight excluding hydrogens is 297 g/mol. The number of hydrogen-bond donors (Lipinski definition) is 1. The Morgan fingerprint density at radius 2 is 1.90 bits per heavy atom. The summed E-state index contributed by atoms with van der Waals surface area (Å²) in [5, 5.41) is 3.85. The molecule has 20 heavy (non-hydrogen) atoms. The predicted molar refractivity (Wildman–Crippen MR) is 80.2 cm³/mol. The van der Waals surface area contributed by atoms with E-state index in [0.29, 0.717) is 15.6 Å². The van der Waals surface area contributed by atoms with Gasteiger partial charge in [0.25, 0.3) is 0 Å². The number of hydrogen-bond acceptors (Lipinski definition) is 2. The van der Waals surface area contributed by atoms with Gasteiger partial charge in [0, 0.05) is 10.0 Å². The lowest BCUT2D eigenvalue weighted by molar-refractivity contribution is -0.121. The van der Waals surface area contributed by atoms with E-state index >= 15 is 0 Å².